The summed E-state index contributed by atoms with van der Waals surface area (Å²) in [7, 11) is -3.31. The largest absolute Gasteiger partial charge is 0.480 e. The summed E-state index contributed by atoms with van der Waals surface area (Å²) in [5.74, 6) is -1.95. The number of hydrogen-bond acceptors (Lipinski definition) is 7. The van der Waals surface area contributed by atoms with Crippen LogP contribution in [0.25, 0.3) is 0 Å². The van der Waals surface area contributed by atoms with E-state index in [9.17, 15) is 18.0 Å². The standard InChI is InChI=1S/C14H25N3O6S/c1-2-24(22,23)10-9-15-3-5-16(11-13(18)19)7-8-17(6-4-15)12-14(20)21/h2H,1,3-12H2,(H,18,19)(H,20,21). The van der Waals surface area contributed by atoms with Crippen molar-refractivity contribution in [3.05, 3.63) is 12.0 Å². The minimum atomic E-state index is -3.31. The molecule has 1 aliphatic rings. The van der Waals surface area contributed by atoms with Gasteiger partial charge in [0.25, 0.3) is 0 Å². The van der Waals surface area contributed by atoms with Crippen LogP contribution < -0.4 is 0 Å². The Morgan fingerprint density at radius 1 is 0.875 bits per heavy atom. The molecule has 1 rings (SSSR count). The maximum Gasteiger partial charge on any atom is 0.317 e. The number of sulfone groups is 1. The van der Waals surface area contributed by atoms with Crippen LogP contribution in [0.4, 0.5) is 0 Å². The number of carboxylic acid groups (broad SMARTS) is 2. The van der Waals surface area contributed by atoms with Gasteiger partial charge in [-0.25, -0.2) is 8.42 Å². The first-order chi connectivity index (χ1) is 11.2. The molecule has 138 valence electrons. The van der Waals surface area contributed by atoms with E-state index in [2.05, 4.69) is 6.58 Å². The van der Waals surface area contributed by atoms with Crippen molar-refractivity contribution >= 4 is 21.8 Å². The third-order valence-corrected chi connectivity index (χ3v) is 5.12. The lowest BCUT2D eigenvalue weighted by Gasteiger charge is -2.24. The van der Waals surface area contributed by atoms with Gasteiger partial charge in [0, 0.05) is 51.2 Å². The zero-order valence-corrected chi connectivity index (χ0v) is 14.4. The molecule has 10 heteroatoms. The van der Waals surface area contributed by atoms with E-state index in [1.165, 1.54) is 0 Å². The Bertz CT molecular complexity index is 523. The van der Waals surface area contributed by atoms with Crippen LogP contribution in [0.15, 0.2) is 12.0 Å². The predicted octanol–water partition coefficient (Wildman–Crippen LogP) is -1.37. The third kappa shape index (κ3) is 8.39. The van der Waals surface area contributed by atoms with E-state index in [1.807, 2.05) is 4.90 Å². The van der Waals surface area contributed by atoms with Crippen molar-refractivity contribution in [1.29, 1.82) is 0 Å². The van der Waals surface area contributed by atoms with E-state index in [-0.39, 0.29) is 18.8 Å². The minimum absolute atomic E-state index is 0.0611. The molecule has 0 amide bonds. The molecule has 2 N–H and O–H groups in total. The molecular weight excluding hydrogens is 338 g/mol. The normalized spacial score (nSPS) is 19.2. The number of carbonyl (C=O) groups is 2. The summed E-state index contributed by atoms with van der Waals surface area (Å²) >= 11 is 0. The average molecular weight is 363 g/mol. The summed E-state index contributed by atoms with van der Waals surface area (Å²) in [6, 6.07) is 0. The van der Waals surface area contributed by atoms with Gasteiger partial charge in [0.15, 0.2) is 9.84 Å². The lowest BCUT2D eigenvalue weighted by Crippen LogP contribution is -2.40. The lowest BCUT2D eigenvalue weighted by atomic mass is 10.4. The molecule has 0 saturated carbocycles. The second-order valence-electron chi connectivity index (χ2n) is 5.72. The maximum atomic E-state index is 11.6. The Morgan fingerprint density at radius 3 is 1.58 bits per heavy atom. The first-order valence-electron chi connectivity index (χ1n) is 7.67. The third-order valence-electron chi connectivity index (χ3n) is 3.86. The summed E-state index contributed by atoms with van der Waals surface area (Å²) in [6.07, 6.45) is 0. The van der Waals surface area contributed by atoms with Crippen molar-refractivity contribution < 1.29 is 28.2 Å². The predicted molar refractivity (Wildman–Crippen MR) is 88.6 cm³/mol. The average Bonchev–Trinajstić information content (AvgIpc) is 2.57. The highest BCUT2D eigenvalue weighted by Crippen LogP contribution is 2.02. The number of aliphatic carboxylic acids is 2. The fraction of sp³-hybridized carbons (Fsp3) is 0.714. The van der Waals surface area contributed by atoms with Crippen LogP contribution in [0.3, 0.4) is 0 Å². The van der Waals surface area contributed by atoms with Crippen LogP contribution in [0.5, 0.6) is 0 Å². The van der Waals surface area contributed by atoms with E-state index < -0.39 is 21.8 Å². The van der Waals surface area contributed by atoms with Crippen molar-refractivity contribution in [1.82, 2.24) is 14.7 Å². The second kappa shape index (κ2) is 9.72. The van der Waals surface area contributed by atoms with E-state index in [1.54, 1.807) is 9.80 Å². The van der Waals surface area contributed by atoms with Crippen LogP contribution in [0.1, 0.15) is 0 Å². The Balaban J connectivity index is 2.73. The lowest BCUT2D eigenvalue weighted by molar-refractivity contribution is -0.140. The van der Waals surface area contributed by atoms with E-state index in [0.29, 0.717) is 45.8 Å². The van der Waals surface area contributed by atoms with Crippen molar-refractivity contribution in [2.75, 3.05) is 64.7 Å². The van der Waals surface area contributed by atoms with Gasteiger partial charge >= 0.3 is 11.9 Å². The molecule has 9 nitrogen and oxygen atoms in total. The minimum Gasteiger partial charge on any atom is -0.480 e. The van der Waals surface area contributed by atoms with Gasteiger partial charge in [0.1, 0.15) is 0 Å². The van der Waals surface area contributed by atoms with Crippen molar-refractivity contribution in [3.8, 4) is 0 Å². The number of rotatable bonds is 8. The number of carboxylic acids is 2. The molecule has 0 unspecified atom stereocenters. The Labute approximate surface area is 142 Å². The zero-order chi connectivity index (χ0) is 18.2. The van der Waals surface area contributed by atoms with Crippen LogP contribution in [0, 0.1) is 0 Å². The zero-order valence-electron chi connectivity index (χ0n) is 13.6. The summed E-state index contributed by atoms with van der Waals surface area (Å²) in [4.78, 5) is 27.3. The first-order valence-corrected chi connectivity index (χ1v) is 9.39. The van der Waals surface area contributed by atoms with Crippen molar-refractivity contribution in [3.63, 3.8) is 0 Å². The summed E-state index contributed by atoms with van der Waals surface area (Å²) < 4.78 is 23.1. The topological polar surface area (TPSA) is 118 Å². The quantitative estimate of drug-likeness (QED) is 0.538. The highest BCUT2D eigenvalue weighted by atomic mass is 32.2. The van der Waals surface area contributed by atoms with Gasteiger partial charge in [0.2, 0.25) is 0 Å². The maximum absolute atomic E-state index is 11.6. The Hall–Kier alpha value is -1.49. The monoisotopic (exact) mass is 363 g/mol. The SMILES string of the molecule is C=CS(=O)(=O)CCN1CCN(CC(=O)O)CCN(CC(=O)O)CC1. The summed E-state index contributed by atoms with van der Waals surface area (Å²) in [5.41, 5.74) is 0. The molecule has 0 aromatic heterocycles. The molecule has 0 aromatic rings. The highest BCUT2D eigenvalue weighted by Gasteiger charge is 2.20. The van der Waals surface area contributed by atoms with Crippen LogP contribution >= 0.6 is 0 Å². The van der Waals surface area contributed by atoms with E-state index in [0.717, 1.165) is 5.41 Å². The summed E-state index contributed by atoms with van der Waals surface area (Å²) in [6.45, 7) is 6.28. The van der Waals surface area contributed by atoms with Crippen LogP contribution in [-0.2, 0) is 19.4 Å². The molecule has 1 heterocycles. The van der Waals surface area contributed by atoms with Gasteiger partial charge in [-0.05, 0) is 0 Å². The Kier molecular flexibility index (Phi) is 8.32. The number of hydrogen-bond donors (Lipinski definition) is 2. The molecule has 1 fully saturated rings. The molecule has 0 aromatic carbocycles. The summed E-state index contributed by atoms with van der Waals surface area (Å²) in [5, 5.41) is 18.9. The van der Waals surface area contributed by atoms with Gasteiger partial charge in [0.05, 0.1) is 18.8 Å². The van der Waals surface area contributed by atoms with Gasteiger partial charge in [-0.2, -0.15) is 0 Å². The van der Waals surface area contributed by atoms with Crippen molar-refractivity contribution in [2.24, 2.45) is 0 Å². The first kappa shape index (κ1) is 20.6. The Morgan fingerprint density at radius 2 is 1.25 bits per heavy atom. The van der Waals surface area contributed by atoms with Gasteiger partial charge < -0.3 is 10.2 Å². The van der Waals surface area contributed by atoms with E-state index in [4.69, 9.17) is 10.2 Å². The molecule has 0 spiro atoms. The molecule has 0 atom stereocenters. The van der Waals surface area contributed by atoms with Crippen LogP contribution in [0.2, 0.25) is 0 Å². The highest BCUT2D eigenvalue weighted by molar-refractivity contribution is 7.94. The molecular formula is C14H25N3O6S. The molecule has 24 heavy (non-hydrogen) atoms. The molecule has 0 radical (unpaired) electrons. The molecule has 0 aliphatic carbocycles. The second-order valence-corrected chi connectivity index (χ2v) is 7.78. The van der Waals surface area contributed by atoms with Gasteiger partial charge in [-0.15, -0.1) is 0 Å². The van der Waals surface area contributed by atoms with Gasteiger partial charge in [-0.3, -0.25) is 24.3 Å². The van der Waals surface area contributed by atoms with Crippen LogP contribution in [-0.4, -0.2) is 110 Å². The molecule has 1 saturated heterocycles. The smallest absolute Gasteiger partial charge is 0.317 e. The molecule has 0 bridgehead atoms. The fourth-order valence-electron chi connectivity index (χ4n) is 2.45. The van der Waals surface area contributed by atoms with Gasteiger partial charge in [-0.1, -0.05) is 6.58 Å². The molecule has 1 aliphatic heterocycles. The fourth-order valence-corrected chi connectivity index (χ4v) is 3.13. The van der Waals surface area contributed by atoms with E-state index >= 15 is 0 Å². The van der Waals surface area contributed by atoms with Crippen molar-refractivity contribution in [2.45, 2.75) is 0 Å². The number of nitrogens with zero attached hydrogens (tertiary/aromatic N) is 3.